The molecule has 0 saturated heterocycles. The number of allylic oxidation sites excluding steroid dienone is 1. The average molecular weight is 508 g/mol. The molecule has 4 heteroatoms. The summed E-state index contributed by atoms with van der Waals surface area (Å²) in [5.41, 5.74) is 0.584. The van der Waals surface area contributed by atoms with Gasteiger partial charge in [0.1, 0.15) is 0 Å². The molecule has 0 aliphatic rings. The van der Waals surface area contributed by atoms with Gasteiger partial charge in [-0.25, -0.2) is 0 Å². The van der Waals surface area contributed by atoms with Crippen molar-refractivity contribution in [3.63, 3.8) is 0 Å². The number of esters is 1. The zero-order valence-corrected chi connectivity index (χ0v) is 20.8. The summed E-state index contributed by atoms with van der Waals surface area (Å²) in [6, 6.07) is 39.8. The van der Waals surface area contributed by atoms with E-state index in [-0.39, 0.29) is 5.78 Å². The zero-order valence-electron chi connectivity index (χ0n) is 18.9. The van der Waals surface area contributed by atoms with Crippen LogP contribution in [-0.2, 0) is 9.53 Å². The first-order valence-electron chi connectivity index (χ1n) is 11.0. The molecule has 4 aromatic rings. The monoisotopic (exact) mass is 508 g/mol. The van der Waals surface area contributed by atoms with Crippen molar-refractivity contribution in [3.8, 4) is 0 Å². The van der Waals surface area contributed by atoms with E-state index in [1.165, 1.54) is 13.2 Å². The standard InChI is InChI=1S/C30H25AsO3/c1-34-29(32)23-22-28(30(33)24-14-6-2-7-15-24)31(25-16-8-3-9-17-25,26-18-10-4-11-19-26)27-20-12-5-13-21-27/h2-23H,1H3/b23-22+. The van der Waals surface area contributed by atoms with Crippen LogP contribution in [0.2, 0.25) is 0 Å². The van der Waals surface area contributed by atoms with Crippen molar-refractivity contribution >= 4 is 42.2 Å². The van der Waals surface area contributed by atoms with E-state index in [9.17, 15) is 9.59 Å². The van der Waals surface area contributed by atoms with Crippen LogP contribution < -0.4 is 13.1 Å². The van der Waals surface area contributed by atoms with E-state index >= 15 is 0 Å². The number of benzene rings is 4. The summed E-state index contributed by atoms with van der Waals surface area (Å²) >= 11 is -3.61. The van der Waals surface area contributed by atoms with E-state index in [4.69, 9.17) is 4.74 Å². The van der Waals surface area contributed by atoms with Gasteiger partial charge >= 0.3 is 203 Å². The van der Waals surface area contributed by atoms with Crippen LogP contribution in [0.25, 0.3) is 0 Å². The Morgan fingerprint density at radius 2 is 0.971 bits per heavy atom. The number of rotatable bonds is 7. The number of ketones is 1. The third-order valence-corrected chi connectivity index (χ3v) is 14.6. The van der Waals surface area contributed by atoms with E-state index in [0.29, 0.717) is 9.87 Å². The Bertz CT molecular complexity index is 1240. The predicted molar refractivity (Wildman–Crippen MR) is 141 cm³/mol. The SMILES string of the molecule is COC(=O)/C=C/C(C(=O)c1ccccc1)=[As](c1ccccc1)(c1ccccc1)c1ccccc1. The van der Waals surface area contributed by atoms with E-state index in [1.54, 1.807) is 6.08 Å². The predicted octanol–water partition coefficient (Wildman–Crippen LogP) is 3.52. The Morgan fingerprint density at radius 3 is 1.35 bits per heavy atom. The van der Waals surface area contributed by atoms with Gasteiger partial charge in [0.2, 0.25) is 0 Å². The van der Waals surface area contributed by atoms with Crippen LogP contribution in [-0.4, -0.2) is 36.3 Å². The molecular weight excluding hydrogens is 483 g/mol. The summed E-state index contributed by atoms with van der Waals surface area (Å²) in [5, 5.41) is 0. The average Bonchev–Trinajstić information content (AvgIpc) is 2.92. The molecule has 0 atom stereocenters. The van der Waals surface area contributed by atoms with Gasteiger partial charge in [-0.2, -0.15) is 0 Å². The third kappa shape index (κ3) is 4.62. The Labute approximate surface area is 202 Å². The maximum atomic E-state index is 14.2. The fourth-order valence-corrected chi connectivity index (χ4v) is 13.2. The second-order valence-corrected chi connectivity index (χ2v) is 14.7. The second kappa shape index (κ2) is 10.9. The molecule has 0 saturated carbocycles. The Morgan fingerprint density at radius 1 is 0.588 bits per heavy atom. The van der Waals surface area contributed by atoms with Crippen molar-refractivity contribution in [2.45, 2.75) is 0 Å². The summed E-state index contributed by atoms with van der Waals surface area (Å²) in [6.07, 6.45) is 3.04. The van der Waals surface area contributed by atoms with Gasteiger partial charge in [0.25, 0.3) is 0 Å². The van der Waals surface area contributed by atoms with E-state index < -0.39 is 19.1 Å². The minimum absolute atomic E-state index is 0.0928. The van der Waals surface area contributed by atoms with Crippen LogP contribution in [0.3, 0.4) is 0 Å². The van der Waals surface area contributed by atoms with Crippen LogP contribution >= 0.6 is 0 Å². The molecule has 168 valence electrons. The molecule has 0 heterocycles. The number of carbonyl (C=O) groups excluding carboxylic acids is 2. The van der Waals surface area contributed by atoms with Gasteiger partial charge in [-0.3, -0.25) is 0 Å². The molecule has 3 nitrogen and oxygen atoms in total. The summed E-state index contributed by atoms with van der Waals surface area (Å²) in [6.45, 7) is 0. The van der Waals surface area contributed by atoms with Crippen molar-refractivity contribution in [2.75, 3.05) is 7.11 Å². The number of hydrogen-bond acceptors (Lipinski definition) is 3. The number of ether oxygens (including phenoxy) is 1. The van der Waals surface area contributed by atoms with Crippen molar-refractivity contribution < 1.29 is 14.3 Å². The summed E-state index contributed by atoms with van der Waals surface area (Å²) in [7, 11) is 1.34. The van der Waals surface area contributed by atoms with Gasteiger partial charge in [-0.15, -0.1) is 0 Å². The summed E-state index contributed by atoms with van der Waals surface area (Å²) in [5.74, 6) is -0.592. The van der Waals surface area contributed by atoms with Gasteiger partial charge in [-0.1, -0.05) is 0 Å². The number of hydrogen-bond donors (Lipinski definition) is 0. The molecule has 0 amide bonds. The van der Waals surface area contributed by atoms with Gasteiger partial charge in [-0.05, 0) is 0 Å². The van der Waals surface area contributed by atoms with Crippen LogP contribution in [0.1, 0.15) is 10.4 Å². The van der Waals surface area contributed by atoms with E-state index in [2.05, 4.69) is 36.4 Å². The van der Waals surface area contributed by atoms with Crippen LogP contribution in [0.5, 0.6) is 0 Å². The first kappa shape index (κ1) is 23.4. The molecule has 0 spiro atoms. The third-order valence-electron chi connectivity index (χ3n) is 5.64. The van der Waals surface area contributed by atoms with Gasteiger partial charge < -0.3 is 0 Å². The molecule has 0 aliphatic carbocycles. The molecule has 4 aromatic carbocycles. The molecule has 0 fully saturated rings. The van der Waals surface area contributed by atoms with Gasteiger partial charge in [0.05, 0.1) is 0 Å². The van der Waals surface area contributed by atoms with Crippen molar-refractivity contribution in [1.29, 1.82) is 0 Å². The number of Topliss-reactive ketones (excluding diaryl/α,β-unsaturated/α-hetero) is 1. The molecular formula is C30H25AsO3. The number of carbonyl (C=O) groups is 2. The molecule has 0 bridgehead atoms. The quantitative estimate of drug-likeness (QED) is 0.166. The Balaban J connectivity index is 2.24. The molecule has 0 radical (unpaired) electrons. The van der Waals surface area contributed by atoms with Crippen molar-refractivity contribution in [2.24, 2.45) is 0 Å². The fourth-order valence-electron chi connectivity index (χ4n) is 4.11. The van der Waals surface area contributed by atoms with Gasteiger partial charge in [0.15, 0.2) is 0 Å². The Kier molecular flexibility index (Phi) is 7.47. The topological polar surface area (TPSA) is 43.4 Å². The Hall–Kier alpha value is -3.81. The summed E-state index contributed by atoms with van der Waals surface area (Å²) < 4.78 is 8.78. The molecule has 0 aromatic heterocycles. The molecule has 0 aliphatic heterocycles. The van der Waals surface area contributed by atoms with Crippen LogP contribution in [0.15, 0.2) is 133 Å². The van der Waals surface area contributed by atoms with E-state index in [0.717, 1.165) is 13.1 Å². The molecule has 0 unspecified atom stereocenters. The molecule has 0 N–H and O–H groups in total. The minimum atomic E-state index is -3.61. The molecule has 34 heavy (non-hydrogen) atoms. The summed E-state index contributed by atoms with van der Waals surface area (Å²) in [4.78, 5) is 26.4. The zero-order chi connectivity index (χ0) is 23.8. The van der Waals surface area contributed by atoms with E-state index in [1.807, 2.05) is 84.9 Å². The maximum absolute atomic E-state index is 14.2. The fraction of sp³-hybridized carbons (Fsp3) is 0.0333. The first-order chi connectivity index (χ1) is 16.7. The van der Waals surface area contributed by atoms with Gasteiger partial charge in [0, 0.05) is 0 Å². The second-order valence-electron chi connectivity index (χ2n) is 7.61. The number of methoxy groups -OCH3 is 1. The molecule has 4 rings (SSSR count). The van der Waals surface area contributed by atoms with Crippen molar-refractivity contribution in [3.05, 3.63) is 139 Å². The van der Waals surface area contributed by atoms with Crippen molar-refractivity contribution in [1.82, 2.24) is 0 Å². The first-order valence-corrected chi connectivity index (χ1v) is 14.7. The van der Waals surface area contributed by atoms with Crippen LogP contribution in [0, 0.1) is 0 Å². The normalized spacial score (nSPS) is 11.2. The van der Waals surface area contributed by atoms with Crippen LogP contribution in [0.4, 0.5) is 0 Å².